The van der Waals surface area contributed by atoms with Gasteiger partial charge in [0.15, 0.2) is 6.04 Å². The average Bonchev–Trinajstić information content (AvgIpc) is 3.16. The number of aliphatic hydroxyl groups excluding tert-OH is 1. The van der Waals surface area contributed by atoms with Gasteiger partial charge >= 0.3 is 12.1 Å². The van der Waals surface area contributed by atoms with Gasteiger partial charge in [0.1, 0.15) is 12.4 Å². The number of hydrogen-bond acceptors (Lipinski definition) is 5. The van der Waals surface area contributed by atoms with E-state index < -0.39 is 42.1 Å². The van der Waals surface area contributed by atoms with Gasteiger partial charge in [-0.25, -0.2) is 14.0 Å². The van der Waals surface area contributed by atoms with E-state index in [9.17, 15) is 18.8 Å². The van der Waals surface area contributed by atoms with Crippen LogP contribution in [0.1, 0.15) is 27.4 Å². The highest BCUT2D eigenvalue weighted by Crippen LogP contribution is 2.44. The fourth-order valence-corrected chi connectivity index (χ4v) is 4.00. The van der Waals surface area contributed by atoms with Gasteiger partial charge in [0.2, 0.25) is 0 Å². The van der Waals surface area contributed by atoms with E-state index >= 15 is 0 Å². The summed E-state index contributed by atoms with van der Waals surface area (Å²) in [4.78, 5) is 36.1. The lowest BCUT2D eigenvalue weighted by Crippen LogP contribution is -2.43. The number of carboxylic acids is 1. The summed E-state index contributed by atoms with van der Waals surface area (Å²) >= 11 is 0. The first-order valence-corrected chi connectivity index (χ1v) is 10.5. The Kier molecular flexibility index (Phi) is 6.55. The Labute approximate surface area is 194 Å². The maximum atomic E-state index is 14.5. The minimum atomic E-state index is -1.59. The van der Waals surface area contributed by atoms with E-state index in [0.717, 1.165) is 28.3 Å². The molecular formula is C25H21FN2O6. The Balaban J connectivity index is 1.49. The number of benzene rings is 3. The molecule has 174 valence electrons. The smallest absolute Gasteiger partial charge is 0.411 e. The summed E-state index contributed by atoms with van der Waals surface area (Å²) in [6.07, 6.45) is -0.974. The third-order valence-corrected chi connectivity index (χ3v) is 5.61. The topological polar surface area (TPSA) is 125 Å². The molecule has 9 heteroatoms. The predicted octanol–water partition coefficient (Wildman–Crippen LogP) is 3.36. The second kappa shape index (κ2) is 9.72. The molecule has 0 unspecified atom stereocenters. The number of halogens is 1. The third-order valence-electron chi connectivity index (χ3n) is 5.61. The lowest BCUT2D eigenvalue weighted by molar-refractivity contribution is -0.140. The van der Waals surface area contributed by atoms with Crippen molar-refractivity contribution in [2.45, 2.75) is 12.0 Å². The minimum Gasteiger partial charge on any atom is -0.480 e. The van der Waals surface area contributed by atoms with E-state index in [1.807, 2.05) is 48.5 Å². The zero-order valence-corrected chi connectivity index (χ0v) is 17.8. The van der Waals surface area contributed by atoms with Crippen LogP contribution >= 0.6 is 0 Å². The normalized spacial score (nSPS) is 12.9. The van der Waals surface area contributed by atoms with Crippen LogP contribution in [0.15, 0.2) is 66.7 Å². The van der Waals surface area contributed by atoms with Crippen LogP contribution in [-0.2, 0) is 9.53 Å². The fraction of sp³-hybridized carbons (Fsp3) is 0.160. The number of aliphatic hydroxyl groups is 1. The molecule has 34 heavy (non-hydrogen) atoms. The molecule has 0 radical (unpaired) electrons. The summed E-state index contributed by atoms with van der Waals surface area (Å²) < 4.78 is 19.9. The number of anilines is 1. The van der Waals surface area contributed by atoms with Crippen molar-refractivity contribution in [1.29, 1.82) is 0 Å². The van der Waals surface area contributed by atoms with E-state index in [1.54, 1.807) is 0 Å². The van der Waals surface area contributed by atoms with Gasteiger partial charge in [0.25, 0.3) is 5.91 Å². The molecule has 2 amide bonds. The molecule has 0 spiro atoms. The van der Waals surface area contributed by atoms with Gasteiger partial charge in [-0.2, -0.15) is 0 Å². The van der Waals surface area contributed by atoms with Crippen molar-refractivity contribution in [2.75, 3.05) is 18.5 Å². The van der Waals surface area contributed by atoms with Crippen molar-refractivity contribution in [2.24, 2.45) is 0 Å². The number of carboxylic acid groups (broad SMARTS) is 1. The SMILES string of the molecule is O=C(Nc1c(F)cccc1C(=O)N[C@@H](CO)C(=O)O)OCC1c2ccccc2-c2ccccc21. The standard InChI is InChI=1S/C25H21FN2O6/c26-20-11-5-10-18(23(30)27-21(12-29)24(31)32)22(20)28-25(33)34-13-19-16-8-3-1-6-14(16)15-7-2-4-9-17(15)19/h1-11,19,21,29H,12-13H2,(H,27,30)(H,28,33)(H,31,32)/t21-/m0/s1. The number of aliphatic carboxylic acids is 1. The summed E-state index contributed by atoms with van der Waals surface area (Å²) in [5, 5.41) is 22.4. The van der Waals surface area contributed by atoms with E-state index in [1.165, 1.54) is 12.1 Å². The van der Waals surface area contributed by atoms with Crippen molar-refractivity contribution in [3.05, 3.63) is 89.2 Å². The highest BCUT2D eigenvalue weighted by atomic mass is 19.1. The molecule has 3 aromatic carbocycles. The number of amides is 2. The maximum Gasteiger partial charge on any atom is 0.411 e. The highest BCUT2D eigenvalue weighted by Gasteiger charge is 2.29. The Morgan fingerprint density at radius 2 is 1.56 bits per heavy atom. The van der Waals surface area contributed by atoms with E-state index in [0.29, 0.717) is 0 Å². The number of hydrogen-bond donors (Lipinski definition) is 4. The minimum absolute atomic E-state index is 0.0125. The Bertz CT molecular complexity index is 1220. The summed E-state index contributed by atoms with van der Waals surface area (Å²) in [6.45, 7) is -0.868. The monoisotopic (exact) mass is 464 g/mol. The fourth-order valence-electron chi connectivity index (χ4n) is 4.00. The molecule has 1 aliphatic rings. The number of carbonyl (C=O) groups is 3. The van der Waals surface area contributed by atoms with E-state index in [4.69, 9.17) is 14.9 Å². The number of ether oxygens (including phenoxy) is 1. The number of carbonyl (C=O) groups excluding carboxylic acids is 2. The van der Waals surface area contributed by atoms with Gasteiger partial charge in [-0.1, -0.05) is 54.6 Å². The highest BCUT2D eigenvalue weighted by molar-refractivity contribution is 6.04. The van der Waals surface area contributed by atoms with E-state index in [-0.39, 0.29) is 18.1 Å². The van der Waals surface area contributed by atoms with Gasteiger partial charge in [-0.05, 0) is 34.4 Å². The zero-order chi connectivity index (χ0) is 24.2. The quantitative estimate of drug-likeness (QED) is 0.425. The molecule has 0 saturated heterocycles. The lowest BCUT2D eigenvalue weighted by atomic mass is 9.98. The first-order valence-electron chi connectivity index (χ1n) is 10.5. The Morgan fingerprint density at radius 1 is 0.941 bits per heavy atom. The molecule has 4 N–H and O–H groups in total. The van der Waals surface area contributed by atoms with Crippen molar-refractivity contribution in [3.63, 3.8) is 0 Å². The molecule has 8 nitrogen and oxygen atoms in total. The third kappa shape index (κ3) is 4.46. The molecule has 0 saturated carbocycles. The van der Waals surface area contributed by atoms with Crippen molar-refractivity contribution < 1.29 is 33.7 Å². The Morgan fingerprint density at radius 3 is 2.15 bits per heavy atom. The molecule has 0 aliphatic heterocycles. The van der Waals surface area contributed by atoms with Crippen LogP contribution < -0.4 is 10.6 Å². The van der Waals surface area contributed by atoms with Crippen LogP contribution in [0.3, 0.4) is 0 Å². The first kappa shape index (κ1) is 22.9. The number of rotatable bonds is 7. The molecule has 3 aromatic rings. The number of para-hydroxylation sites is 1. The molecule has 0 fully saturated rings. The zero-order valence-electron chi connectivity index (χ0n) is 17.8. The van der Waals surface area contributed by atoms with Crippen LogP contribution in [0, 0.1) is 5.82 Å². The van der Waals surface area contributed by atoms with Crippen molar-refractivity contribution >= 4 is 23.7 Å². The maximum absolute atomic E-state index is 14.5. The number of fused-ring (bicyclic) bond motifs is 3. The first-order chi connectivity index (χ1) is 16.4. The Hall–Kier alpha value is -4.24. The predicted molar refractivity (Wildman–Crippen MR) is 121 cm³/mol. The van der Waals surface area contributed by atoms with Gasteiger partial charge in [-0.3, -0.25) is 10.1 Å². The summed E-state index contributed by atoms with van der Waals surface area (Å²) in [7, 11) is 0. The van der Waals surface area contributed by atoms with Crippen LogP contribution in [0.25, 0.3) is 11.1 Å². The van der Waals surface area contributed by atoms with E-state index in [2.05, 4.69) is 10.6 Å². The van der Waals surface area contributed by atoms with Crippen LogP contribution in [-0.4, -0.2) is 47.4 Å². The second-order valence-corrected chi connectivity index (χ2v) is 7.66. The average molecular weight is 464 g/mol. The molecule has 1 aliphatic carbocycles. The molecule has 0 bridgehead atoms. The van der Waals surface area contributed by atoms with Gasteiger partial charge in [0, 0.05) is 5.92 Å². The van der Waals surface area contributed by atoms with Crippen molar-refractivity contribution in [3.8, 4) is 11.1 Å². The summed E-state index contributed by atoms with van der Waals surface area (Å²) in [6, 6.07) is 17.5. The molecule has 4 rings (SSSR count). The molecule has 1 atom stereocenters. The van der Waals surface area contributed by atoms with Gasteiger partial charge in [0.05, 0.1) is 17.9 Å². The van der Waals surface area contributed by atoms with Gasteiger partial charge in [-0.15, -0.1) is 0 Å². The second-order valence-electron chi connectivity index (χ2n) is 7.66. The molecule has 0 heterocycles. The van der Waals surface area contributed by atoms with Crippen LogP contribution in [0.2, 0.25) is 0 Å². The largest absolute Gasteiger partial charge is 0.480 e. The van der Waals surface area contributed by atoms with Crippen molar-refractivity contribution in [1.82, 2.24) is 5.32 Å². The summed E-state index contributed by atoms with van der Waals surface area (Å²) in [5.41, 5.74) is 3.35. The lowest BCUT2D eigenvalue weighted by Gasteiger charge is -2.17. The van der Waals surface area contributed by atoms with Crippen LogP contribution in [0.5, 0.6) is 0 Å². The van der Waals surface area contributed by atoms with Gasteiger partial charge < -0.3 is 20.3 Å². The molecular weight excluding hydrogens is 443 g/mol. The number of nitrogens with one attached hydrogen (secondary N) is 2. The molecule has 0 aromatic heterocycles. The summed E-state index contributed by atoms with van der Waals surface area (Å²) in [5.74, 6) is -3.55. The van der Waals surface area contributed by atoms with Crippen LogP contribution in [0.4, 0.5) is 14.9 Å².